The van der Waals surface area contributed by atoms with Crippen LogP contribution < -0.4 is 16.2 Å². The van der Waals surface area contributed by atoms with E-state index in [0.717, 1.165) is 5.56 Å². The molecule has 112 valence electrons. The third-order valence-electron chi connectivity index (χ3n) is 2.48. The van der Waals surface area contributed by atoms with Crippen LogP contribution in [0.15, 0.2) is 29.2 Å². The molecule has 0 aliphatic rings. The molecule has 1 amide bonds. The van der Waals surface area contributed by atoms with Crippen molar-refractivity contribution in [3.8, 4) is 0 Å². The number of benzene rings is 1. The Bertz CT molecular complexity index is 528. The summed E-state index contributed by atoms with van der Waals surface area (Å²) in [5.41, 5.74) is 6.13. The molecule has 1 aromatic carbocycles. The zero-order chi connectivity index (χ0) is 15.0. The molecule has 0 radical (unpaired) electrons. The lowest BCUT2D eigenvalue weighted by molar-refractivity contribution is -0.125. The maximum absolute atomic E-state index is 11.3. The van der Waals surface area contributed by atoms with Crippen LogP contribution in [-0.2, 0) is 26.0 Å². The summed E-state index contributed by atoms with van der Waals surface area (Å²) in [6.07, 6.45) is 0.591. The van der Waals surface area contributed by atoms with E-state index < -0.39 is 10.0 Å². The number of hydrogen-bond acceptors (Lipinski definition) is 5. The lowest BCUT2D eigenvalue weighted by Gasteiger charge is -2.06. The summed E-state index contributed by atoms with van der Waals surface area (Å²) in [4.78, 5) is 11.4. The predicted octanol–water partition coefficient (Wildman–Crippen LogP) is -1.03. The number of ether oxygens (including phenoxy) is 1. The molecule has 5 N–H and O–H groups in total. The van der Waals surface area contributed by atoms with Gasteiger partial charge in [-0.05, 0) is 24.1 Å². The highest BCUT2D eigenvalue weighted by Crippen LogP contribution is 2.08. The van der Waals surface area contributed by atoms with E-state index in [9.17, 15) is 13.2 Å². The van der Waals surface area contributed by atoms with E-state index in [-0.39, 0.29) is 17.4 Å². The molecule has 0 heterocycles. The third kappa shape index (κ3) is 6.11. The number of amides is 1. The highest BCUT2D eigenvalue weighted by atomic mass is 32.2. The largest absolute Gasteiger partial charge is 0.370 e. The van der Waals surface area contributed by atoms with Crippen LogP contribution in [0, 0.1) is 0 Å². The van der Waals surface area contributed by atoms with Gasteiger partial charge >= 0.3 is 0 Å². The van der Waals surface area contributed by atoms with Gasteiger partial charge in [0.25, 0.3) is 0 Å². The second-order valence-electron chi connectivity index (χ2n) is 4.13. The fourth-order valence-electron chi connectivity index (χ4n) is 1.49. The SMILES string of the molecule is NCCOCC(=O)NCCc1ccc(S(N)(=O)=O)cc1. The second kappa shape index (κ2) is 7.95. The number of primary sulfonamides is 1. The van der Waals surface area contributed by atoms with E-state index in [1.54, 1.807) is 12.1 Å². The van der Waals surface area contributed by atoms with Crippen molar-refractivity contribution >= 4 is 15.9 Å². The van der Waals surface area contributed by atoms with Crippen molar-refractivity contribution in [2.45, 2.75) is 11.3 Å². The lowest BCUT2D eigenvalue weighted by Crippen LogP contribution is -2.30. The minimum atomic E-state index is -3.66. The molecule has 1 rings (SSSR count). The summed E-state index contributed by atoms with van der Waals surface area (Å²) in [5.74, 6) is -0.209. The average molecular weight is 301 g/mol. The molecule has 7 nitrogen and oxygen atoms in total. The molecule has 20 heavy (non-hydrogen) atoms. The van der Waals surface area contributed by atoms with E-state index in [1.807, 2.05) is 0 Å². The van der Waals surface area contributed by atoms with Gasteiger partial charge in [-0.3, -0.25) is 4.79 Å². The average Bonchev–Trinajstić information content (AvgIpc) is 2.38. The standard InChI is InChI=1S/C12H19N3O4S/c13-6-8-19-9-12(16)15-7-5-10-1-3-11(4-2-10)20(14,17)18/h1-4H,5-9,13H2,(H,15,16)(H2,14,17,18). The van der Waals surface area contributed by atoms with Gasteiger partial charge in [-0.25, -0.2) is 13.6 Å². The van der Waals surface area contributed by atoms with Gasteiger partial charge in [0.1, 0.15) is 6.61 Å². The first-order valence-corrected chi connectivity index (χ1v) is 7.64. The zero-order valence-corrected chi connectivity index (χ0v) is 11.9. The van der Waals surface area contributed by atoms with E-state index in [4.69, 9.17) is 15.6 Å². The minimum absolute atomic E-state index is 0.0123. The van der Waals surface area contributed by atoms with E-state index in [1.165, 1.54) is 12.1 Å². The third-order valence-corrected chi connectivity index (χ3v) is 3.41. The first-order chi connectivity index (χ1) is 9.43. The Morgan fingerprint density at radius 3 is 2.45 bits per heavy atom. The topological polar surface area (TPSA) is 125 Å². The Morgan fingerprint density at radius 1 is 1.25 bits per heavy atom. The first kappa shape index (κ1) is 16.6. The molecule has 0 bridgehead atoms. The van der Waals surface area contributed by atoms with Crippen molar-refractivity contribution < 1.29 is 17.9 Å². The van der Waals surface area contributed by atoms with Crippen LogP contribution in [0.4, 0.5) is 0 Å². The Morgan fingerprint density at radius 2 is 1.90 bits per heavy atom. The molecule has 0 saturated heterocycles. The van der Waals surface area contributed by atoms with Crippen LogP contribution in [0.1, 0.15) is 5.56 Å². The van der Waals surface area contributed by atoms with Gasteiger partial charge in [-0.2, -0.15) is 0 Å². The van der Waals surface area contributed by atoms with Crippen molar-refractivity contribution in [2.75, 3.05) is 26.3 Å². The van der Waals surface area contributed by atoms with Crippen LogP contribution >= 0.6 is 0 Å². The van der Waals surface area contributed by atoms with Gasteiger partial charge in [0.05, 0.1) is 11.5 Å². The molecule has 0 aromatic heterocycles. The van der Waals surface area contributed by atoms with Crippen LogP contribution in [0.3, 0.4) is 0 Å². The quantitative estimate of drug-likeness (QED) is 0.529. The Labute approximate surface area is 118 Å². The number of rotatable bonds is 8. The summed E-state index contributed by atoms with van der Waals surface area (Å²) in [6.45, 7) is 1.16. The number of sulfonamides is 1. The lowest BCUT2D eigenvalue weighted by atomic mass is 10.1. The highest BCUT2D eigenvalue weighted by Gasteiger charge is 2.06. The normalized spacial score (nSPS) is 11.3. The number of nitrogens with one attached hydrogen (secondary N) is 1. The van der Waals surface area contributed by atoms with Crippen molar-refractivity contribution in [2.24, 2.45) is 10.9 Å². The van der Waals surface area contributed by atoms with Crippen molar-refractivity contribution in [1.29, 1.82) is 0 Å². The second-order valence-corrected chi connectivity index (χ2v) is 5.69. The van der Waals surface area contributed by atoms with Crippen molar-refractivity contribution in [1.82, 2.24) is 5.32 Å². The molecule has 0 atom stereocenters. The molecule has 1 aromatic rings. The summed E-state index contributed by atoms with van der Waals surface area (Å²) in [5, 5.41) is 7.68. The molecular weight excluding hydrogens is 282 g/mol. The van der Waals surface area contributed by atoms with Crippen LogP contribution in [0.5, 0.6) is 0 Å². The summed E-state index contributed by atoms with van der Waals surface area (Å²) < 4.78 is 27.1. The van der Waals surface area contributed by atoms with Gasteiger partial charge in [0.2, 0.25) is 15.9 Å². The van der Waals surface area contributed by atoms with E-state index in [0.29, 0.717) is 26.1 Å². The summed E-state index contributed by atoms with van der Waals surface area (Å²) >= 11 is 0. The maximum Gasteiger partial charge on any atom is 0.246 e. The number of hydrogen-bond donors (Lipinski definition) is 3. The fourth-order valence-corrected chi connectivity index (χ4v) is 2.01. The van der Waals surface area contributed by atoms with E-state index >= 15 is 0 Å². The summed E-state index contributed by atoms with van der Waals surface area (Å²) in [7, 11) is -3.66. The molecule has 0 saturated carbocycles. The monoisotopic (exact) mass is 301 g/mol. The van der Waals surface area contributed by atoms with E-state index in [2.05, 4.69) is 5.32 Å². The van der Waals surface area contributed by atoms with Crippen LogP contribution in [0.2, 0.25) is 0 Å². The number of carbonyl (C=O) groups excluding carboxylic acids is 1. The van der Waals surface area contributed by atoms with Crippen LogP contribution in [-0.4, -0.2) is 40.6 Å². The maximum atomic E-state index is 11.3. The number of carbonyl (C=O) groups is 1. The van der Waals surface area contributed by atoms with Gasteiger partial charge < -0.3 is 15.8 Å². The zero-order valence-electron chi connectivity index (χ0n) is 11.0. The Hall–Kier alpha value is -1.48. The van der Waals surface area contributed by atoms with Crippen molar-refractivity contribution in [3.05, 3.63) is 29.8 Å². The molecule has 0 aliphatic heterocycles. The predicted molar refractivity (Wildman–Crippen MR) is 74.4 cm³/mol. The van der Waals surface area contributed by atoms with Crippen LogP contribution in [0.25, 0.3) is 0 Å². The molecule has 8 heteroatoms. The van der Waals surface area contributed by atoms with Gasteiger partial charge in [-0.15, -0.1) is 0 Å². The van der Waals surface area contributed by atoms with Gasteiger partial charge in [0, 0.05) is 13.1 Å². The molecule has 0 unspecified atom stereocenters. The summed E-state index contributed by atoms with van der Waals surface area (Å²) in [6, 6.07) is 6.21. The molecule has 0 spiro atoms. The molecule has 0 fully saturated rings. The number of nitrogens with two attached hydrogens (primary N) is 2. The first-order valence-electron chi connectivity index (χ1n) is 6.09. The minimum Gasteiger partial charge on any atom is -0.370 e. The van der Waals surface area contributed by atoms with Gasteiger partial charge in [0.15, 0.2) is 0 Å². The Kier molecular flexibility index (Phi) is 6.59. The molecule has 0 aliphatic carbocycles. The van der Waals surface area contributed by atoms with Crippen molar-refractivity contribution in [3.63, 3.8) is 0 Å². The van der Waals surface area contributed by atoms with Gasteiger partial charge in [-0.1, -0.05) is 12.1 Å². The molecular formula is C12H19N3O4S. The smallest absolute Gasteiger partial charge is 0.246 e. The highest BCUT2D eigenvalue weighted by molar-refractivity contribution is 7.89. The Balaban J connectivity index is 2.34. The fraction of sp³-hybridized carbons (Fsp3) is 0.417.